The molecule has 0 unspecified atom stereocenters. The molecule has 3 nitrogen and oxygen atoms in total. The fraction of sp³-hybridized carbons (Fsp3) is 0.200. The Balaban J connectivity index is 2.17. The highest BCUT2D eigenvalue weighted by molar-refractivity contribution is 9.10. The van der Waals surface area contributed by atoms with E-state index in [2.05, 4.69) is 15.9 Å². The van der Waals surface area contributed by atoms with Gasteiger partial charge in [0, 0.05) is 16.1 Å². The normalized spacial score (nSPS) is 10.4. The second-order valence-electron chi connectivity index (χ2n) is 4.39. The summed E-state index contributed by atoms with van der Waals surface area (Å²) in [6.45, 7) is 2.00. The molecule has 0 atom stereocenters. The van der Waals surface area contributed by atoms with Crippen molar-refractivity contribution in [2.45, 2.75) is 13.5 Å². The van der Waals surface area contributed by atoms with Crippen LogP contribution in [0, 0.1) is 12.7 Å². The Bertz CT molecular complexity index is 608. The summed E-state index contributed by atoms with van der Waals surface area (Å²) in [7, 11) is 1.50. The van der Waals surface area contributed by atoms with Crippen LogP contribution in [0.5, 0.6) is 11.5 Å². The van der Waals surface area contributed by atoms with Gasteiger partial charge in [0.25, 0.3) is 0 Å². The van der Waals surface area contributed by atoms with Crippen molar-refractivity contribution in [1.82, 2.24) is 0 Å². The number of aryl methyl sites for hydroxylation is 1. The average molecular weight is 340 g/mol. The fourth-order valence-corrected chi connectivity index (χ4v) is 2.46. The topological polar surface area (TPSA) is 44.5 Å². The van der Waals surface area contributed by atoms with Crippen molar-refractivity contribution >= 4 is 21.6 Å². The Kier molecular flexibility index (Phi) is 4.49. The number of hydrogen-bond acceptors (Lipinski definition) is 3. The lowest BCUT2D eigenvalue weighted by Gasteiger charge is -2.13. The molecule has 20 heavy (non-hydrogen) atoms. The van der Waals surface area contributed by atoms with Gasteiger partial charge in [0.15, 0.2) is 0 Å². The highest BCUT2D eigenvalue weighted by Gasteiger charge is 2.09. The number of ether oxygens (including phenoxy) is 2. The van der Waals surface area contributed by atoms with E-state index < -0.39 is 0 Å². The minimum atomic E-state index is -0.363. The number of nitrogen functional groups attached to an aromatic ring is 1. The third kappa shape index (κ3) is 3.22. The van der Waals surface area contributed by atoms with Gasteiger partial charge < -0.3 is 15.2 Å². The number of benzene rings is 2. The summed E-state index contributed by atoms with van der Waals surface area (Å²) in [5.41, 5.74) is 7.77. The van der Waals surface area contributed by atoms with Crippen molar-refractivity contribution < 1.29 is 13.9 Å². The van der Waals surface area contributed by atoms with Gasteiger partial charge in [0.1, 0.15) is 23.9 Å². The summed E-state index contributed by atoms with van der Waals surface area (Å²) < 4.78 is 25.3. The van der Waals surface area contributed by atoms with Crippen LogP contribution in [-0.2, 0) is 6.61 Å². The summed E-state index contributed by atoms with van der Waals surface area (Å²) in [5.74, 6) is 0.687. The molecule has 2 aromatic carbocycles. The molecule has 2 N–H and O–H groups in total. The van der Waals surface area contributed by atoms with E-state index in [1.807, 2.05) is 13.0 Å². The molecule has 0 aliphatic rings. The van der Waals surface area contributed by atoms with Gasteiger partial charge in [-0.05, 0) is 36.8 Å². The minimum Gasteiger partial charge on any atom is -0.497 e. The maximum absolute atomic E-state index is 13.8. The summed E-state index contributed by atoms with van der Waals surface area (Å²) >= 11 is 3.36. The Morgan fingerprint density at radius 3 is 2.60 bits per heavy atom. The van der Waals surface area contributed by atoms with Crippen LogP contribution in [0.4, 0.5) is 10.1 Å². The van der Waals surface area contributed by atoms with Crippen LogP contribution in [-0.4, -0.2) is 7.11 Å². The molecule has 0 bridgehead atoms. The first-order valence-electron chi connectivity index (χ1n) is 6.02. The van der Waals surface area contributed by atoms with Crippen molar-refractivity contribution in [2.75, 3.05) is 12.8 Å². The number of nitrogens with two attached hydrogens (primary N) is 1. The second-order valence-corrected chi connectivity index (χ2v) is 5.30. The zero-order valence-corrected chi connectivity index (χ0v) is 12.8. The van der Waals surface area contributed by atoms with Crippen LogP contribution in [0.1, 0.15) is 11.1 Å². The number of anilines is 1. The lowest BCUT2D eigenvalue weighted by atomic mass is 10.2. The summed E-state index contributed by atoms with van der Waals surface area (Å²) in [5, 5.41) is 0. The van der Waals surface area contributed by atoms with Gasteiger partial charge in [-0.15, -0.1) is 0 Å². The van der Waals surface area contributed by atoms with Crippen molar-refractivity contribution in [3.05, 3.63) is 51.7 Å². The molecule has 0 amide bonds. The van der Waals surface area contributed by atoms with Gasteiger partial charge in [-0.2, -0.15) is 0 Å². The summed E-state index contributed by atoms with van der Waals surface area (Å²) in [6, 6.07) is 8.32. The van der Waals surface area contributed by atoms with Crippen LogP contribution in [0.3, 0.4) is 0 Å². The monoisotopic (exact) mass is 339 g/mol. The van der Waals surface area contributed by atoms with E-state index in [1.54, 1.807) is 18.2 Å². The third-order valence-corrected chi connectivity index (χ3v) is 3.36. The highest BCUT2D eigenvalue weighted by Crippen LogP contribution is 2.31. The molecule has 0 saturated heterocycles. The van der Waals surface area contributed by atoms with Gasteiger partial charge in [-0.25, -0.2) is 4.39 Å². The maximum Gasteiger partial charge on any atom is 0.145 e. The standard InChI is InChI=1S/C15H15BrFNO2/c1-9-5-11(16)6-14(18)15(9)20-8-10-3-4-12(19-2)7-13(10)17/h3-7H,8,18H2,1-2H3. The zero-order valence-electron chi connectivity index (χ0n) is 11.2. The molecule has 0 spiro atoms. The zero-order chi connectivity index (χ0) is 14.7. The molecule has 106 valence electrons. The number of rotatable bonds is 4. The maximum atomic E-state index is 13.8. The molecule has 5 heteroatoms. The predicted octanol–water partition coefficient (Wildman–Crippen LogP) is 4.07. The van der Waals surface area contributed by atoms with Crippen molar-refractivity contribution in [2.24, 2.45) is 0 Å². The van der Waals surface area contributed by atoms with Gasteiger partial charge in [-0.1, -0.05) is 15.9 Å². The van der Waals surface area contributed by atoms with E-state index in [1.165, 1.54) is 13.2 Å². The Labute approximate surface area is 125 Å². The Hall–Kier alpha value is -1.75. The first-order chi connectivity index (χ1) is 9.51. The number of halogens is 2. The van der Waals surface area contributed by atoms with Crippen LogP contribution in [0.25, 0.3) is 0 Å². The molecular formula is C15H15BrFNO2. The van der Waals surface area contributed by atoms with Crippen LogP contribution >= 0.6 is 15.9 Å². The van der Waals surface area contributed by atoms with Crippen molar-refractivity contribution in [3.63, 3.8) is 0 Å². The highest BCUT2D eigenvalue weighted by atomic mass is 79.9. The molecule has 0 aliphatic heterocycles. The van der Waals surface area contributed by atoms with E-state index in [0.29, 0.717) is 22.7 Å². The van der Waals surface area contributed by atoms with Crippen molar-refractivity contribution in [3.8, 4) is 11.5 Å². The molecule has 2 rings (SSSR count). The van der Waals surface area contributed by atoms with E-state index in [4.69, 9.17) is 15.2 Å². The van der Waals surface area contributed by atoms with Gasteiger partial charge in [0.05, 0.1) is 12.8 Å². The lowest BCUT2D eigenvalue weighted by Crippen LogP contribution is -2.02. The van der Waals surface area contributed by atoms with Crippen LogP contribution < -0.4 is 15.2 Å². The summed E-state index contributed by atoms with van der Waals surface area (Å²) in [6.07, 6.45) is 0. The first-order valence-corrected chi connectivity index (χ1v) is 6.81. The first kappa shape index (κ1) is 14.7. The van der Waals surface area contributed by atoms with E-state index >= 15 is 0 Å². The molecule has 0 aromatic heterocycles. The molecule has 0 heterocycles. The lowest BCUT2D eigenvalue weighted by molar-refractivity contribution is 0.299. The number of hydrogen-bond donors (Lipinski definition) is 1. The molecule has 0 saturated carbocycles. The van der Waals surface area contributed by atoms with Gasteiger partial charge >= 0.3 is 0 Å². The fourth-order valence-electron chi connectivity index (χ4n) is 1.87. The Morgan fingerprint density at radius 2 is 2.00 bits per heavy atom. The third-order valence-electron chi connectivity index (χ3n) is 2.90. The second kappa shape index (κ2) is 6.13. The largest absolute Gasteiger partial charge is 0.497 e. The van der Waals surface area contributed by atoms with Gasteiger partial charge in [-0.3, -0.25) is 0 Å². The van der Waals surface area contributed by atoms with E-state index in [-0.39, 0.29) is 12.4 Å². The van der Waals surface area contributed by atoms with E-state index in [9.17, 15) is 4.39 Å². The molecule has 2 aromatic rings. The predicted molar refractivity (Wildman–Crippen MR) is 80.6 cm³/mol. The number of methoxy groups -OCH3 is 1. The molecule has 0 radical (unpaired) electrons. The molecular weight excluding hydrogens is 325 g/mol. The average Bonchev–Trinajstić information content (AvgIpc) is 2.39. The Morgan fingerprint density at radius 1 is 1.25 bits per heavy atom. The molecule has 0 fully saturated rings. The van der Waals surface area contributed by atoms with E-state index in [0.717, 1.165) is 10.0 Å². The SMILES string of the molecule is COc1ccc(COc2c(C)cc(Br)cc2N)c(F)c1. The van der Waals surface area contributed by atoms with Gasteiger partial charge in [0.2, 0.25) is 0 Å². The molecule has 0 aliphatic carbocycles. The quantitative estimate of drug-likeness (QED) is 0.854. The summed E-state index contributed by atoms with van der Waals surface area (Å²) in [4.78, 5) is 0. The van der Waals surface area contributed by atoms with Crippen LogP contribution in [0.15, 0.2) is 34.8 Å². The smallest absolute Gasteiger partial charge is 0.145 e. The minimum absolute atomic E-state index is 0.114. The van der Waals surface area contributed by atoms with Crippen molar-refractivity contribution in [1.29, 1.82) is 0 Å². The van der Waals surface area contributed by atoms with Crippen LogP contribution in [0.2, 0.25) is 0 Å².